The van der Waals surface area contributed by atoms with Crippen LogP contribution in [0.1, 0.15) is 35.7 Å². The Balaban J connectivity index is 2.15. The predicted octanol–water partition coefficient (Wildman–Crippen LogP) is 2.99. The lowest BCUT2D eigenvalue weighted by molar-refractivity contribution is 0.0374. The van der Waals surface area contributed by atoms with Crippen LogP contribution in [0.3, 0.4) is 0 Å². The standard InChI is InChI=1S/C14H18O2/c1-3-16-14(11-7-8-11)13(15)12-6-4-5-10(2)9-12/h4-6,9,11,14H,3,7-8H2,1-2H3. The Morgan fingerprint density at radius 2 is 2.25 bits per heavy atom. The molecule has 0 saturated heterocycles. The first-order chi connectivity index (χ1) is 7.72. The molecule has 0 amide bonds. The zero-order valence-electron chi connectivity index (χ0n) is 9.90. The third-order valence-electron chi connectivity index (χ3n) is 2.96. The maximum absolute atomic E-state index is 12.2. The summed E-state index contributed by atoms with van der Waals surface area (Å²) in [4.78, 5) is 12.2. The van der Waals surface area contributed by atoms with E-state index < -0.39 is 0 Å². The number of ketones is 1. The number of Topliss-reactive ketones (excluding diaryl/α,β-unsaturated/α-hetero) is 1. The van der Waals surface area contributed by atoms with Gasteiger partial charge in [-0.3, -0.25) is 4.79 Å². The van der Waals surface area contributed by atoms with Crippen molar-refractivity contribution in [3.63, 3.8) is 0 Å². The molecule has 16 heavy (non-hydrogen) atoms. The van der Waals surface area contributed by atoms with Crippen LogP contribution in [0.2, 0.25) is 0 Å². The average molecular weight is 218 g/mol. The summed E-state index contributed by atoms with van der Waals surface area (Å²) in [6.45, 7) is 4.56. The number of carbonyl (C=O) groups is 1. The smallest absolute Gasteiger partial charge is 0.191 e. The van der Waals surface area contributed by atoms with Crippen molar-refractivity contribution in [2.24, 2.45) is 5.92 Å². The largest absolute Gasteiger partial charge is 0.370 e. The van der Waals surface area contributed by atoms with Gasteiger partial charge in [0.15, 0.2) is 5.78 Å². The van der Waals surface area contributed by atoms with Gasteiger partial charge in [0.1, 0.15) is 6.10 Å². The molecule has 1 aromatic rings. The van der Waals surface area contributed by atoms with E-state index in [4.69, 9.17) is 4.74 Å². The van der Waals surface area contributed by atoms with Crippen LogP contribution < -0.4 is 0 Å². The first-order valence-electron chi connectivity index (χ1n) is 5.95. The summed E-state index contributed by atoms with van der Waals surface area (Å²) in [6, 6.07) is 7.75. The molecule has 2 rings (SSSR count). The fraction of sp³-hybridized carbons (Fsp3) is 0.500. The van der Waals surface area contributed by atoms with Crippen molar-refractivity contribution >= 4 is 5.78 Å². The molecule has 86 valence electrons. The topological polar surface area (TPSA) is 26.3 Å². The van der Waals surface area contributed by atoms with Gasteiger partial charge < -0.3 is 4.74 Å². The molecule has 1 aliphatic carbocycles. The molecule has 2 heteroatoms. The Hall–Kier alpha value is -1.15. The van der Waals surface area contributed by atoms with Crippen molar-refractivity contribution in [1.82, 2.24) is 0 Å². The molecule has 1 fully saturated rings. The number of hydrogen-bond donors (Lipinski definition) is 0. The van der Waals surface area contributed by atoms with Gasteiger partial charge in [0.2, 0.25) is 0 Å². The molecule has 0 N–H and O–H groups in total. The maximum atomic E-state index is 12.2. The van der Waals surface area contributed by atoms with E-state index in [9.17, 15) is 4.79 Å². The van der Waals surface area contributed by atoms with Crippen molar-refractivity contribution in [3.8, 4) is 0 Å². The molecular formula is C14H18O2. The summed E-state index contributed by atoms with van der Waals surface area (Å²) in [5, 5.41) is 0. The van der Waals surface area contributed by atoms with E-state index in [1.165, 1.54) is 0 Å². The lowest BCUT2D eigenvalue weighted by atomic mass is 10.0. The Labute approximate surface area is 96.6 Å². The number of rotatable bonds is 5. The third kappa shape index (κ3) is 2.50. The summed E-state index contributed by atoms with van der Waals surface area (Å²) in [5.41, 5.74) is 1.90. The first kappa shape index (κ1) is 11.3. The van der Waals surface area contributed by atoms with Crippen LogP contribution in [0.4, 0.5) is 0 Å². The summed E-state index contributed by atoms with van der Waals surface area (Å²) < 4.78 is 5.57. The molecule has 1 unspecified atom stereocenters. The Kier molecular flexibility index (Phi) is 3.39. The molecule has 1 saturated carbocycles. The minimum Gasteiger partial charge on any atom is -0.370 e. The molecule has 1 aromatic carbocycles. The van der Waals surface area contributed by atoms with Crippen molar-refractivity contribution in [3.05, 3.63) is 35.4 Å². The van der Waals surface area contributed by atoms with Crippen LogP contribution in [0.5, 0.6) is 0 Å². The molecule has 2 nitrogen and oxygen atoms in total. The van der Waals surface area contributed by atoms with Gasteiger partial charge in [-0.25, -0.2) is 0 Å². The second kappa shape index (κ2) is 4.79. The van der Waals surface area contributed by atoms with E-state index in [0.717, 1.165) is 24.0 Å². The first-order valence-corrected chi connectivity index (χ1v) is 5.95. The van der Waals surface area contributed by atoms with Crippen molar-refractivity contribution in [2.75, 3.05) is 6.61 Å². The van der Waals surface area contributed by atoms with E-state index >= 15 is 0 Å². The van der Waals surface area contributed by atoms with E-state index in [2.05, 4.69) is 0 Å². The molecule has 0 bridgehead atoms. The molecule has 1 atom stereocenters. The maximum Gasteiger partial charge on any atom is 0.191 e. The molecule has 0 radical (unpaired) electrons. The van der Waals surface area contributed by atoms with Gasteiger partial charge in [-0.15, -0.1) is 0 Å². The molecule has 1 aliphatic rings. The van der Waals surface area contributed by atoms with E-state index in [-0.39, 0.29) is 11.9 Å². The predicted molar refractivity (Wildman–Crippen MR) is 63.6 cm³/mol. The van der Waals surface area contributed by atoms with E-state index in [1.807, 2.05) is 38.1 Å². The lowest BCUT2D eigenvalue weighted by Crippen LogP contribution is -2.26. The van der Waals surface area contributed by atoms with Crippen molar-refractivity contribution in [2.45, 2.75) is 32.8 Å². The van der Waals surface area contributed by atoms with Crippen LogP contribution in [-0.4, -0.2) is 18.5 Å². The second-order valence-corrected chi connectivity index (χ2v) is 4.45. The SMILES string of the molecule is CCOC(C(=O)c1cccc(C)c1)C1CC1. The molecule has 0 aromatic heterocycles. The zero-order chi connectivity index (χ0) is 11.5. The number of carbonyl (C=O) groups excluding carboxylic acids is 1. The van der Waals surface area contributed by atoms with Gasteiger partial charge in [-0.05, 0) is 38.7 Å². The highest BCUT2D eigenvalue weighted by Crippen LogP contribution is 2.35. The third-order valence-corrected chi connectivity index (χ3v) is 2.96. The van der Waals surface area contributed by atoms with Gasteiger partial charge in [-0.2, -0.15) is 0 Å². The van der Waals surface area contributed by atoms with Crippen molar-refractivity contribution in [1.29, 1.82) is 0 Å². The number of hydrogen-bond acceptors (Lipinski definition) is 2. The van der Waals surface area contributed by atoms with E-state index in [1.54, 1.807) is 0 Å². The summed E-state index contributed by atoms with van der Waals surface area (Å²) >= 11 is 0. The van der Waals surface area contributed by atoms with Crippen LogP contribution in [0, 0.1) is 12.8 Å². The Morgan fingerprint density at radius 3 is 2.81 bits per heavy atom. The monoisotopic (exact) mass is 218 g/mol. The highest BCUT2D eigenvalue weighted by molar-refractivity contribution is 6.00. The Bertz CT molecular complexity index is 380. The lowest BCUT2D eigenvalue weighted by Gasteiger charge is -2.15. The highest BCUT2D eigenvalue weighted by atomic mass is 16.5. The van der Waals surface area contributed by atoms with Gasteiger partial charge in [0.25, 0.3) is 0 Å². The van der Waals surface area contributed by atoms with Crippen molar-refractivity contribution < 1.29 is 9.53 Å². The Morgan fingerprint density at radius 1 is 1.50 bits per heavy atom. The number of ether oxygens (including phenoxy) is 1. The van der Waals surface area contributed by atoms with Crippen LogP contribution in [0.15, 0.2) is 24.3 Å². The fourth-order valence-corrected chi connectivity index (χ4v) is 1.97. The van der Waals surface area contributed by atoms with Gasteiger partial charge >= 0.3 is 0 Å². The molecule has 0 spiro atoms. The normalized spacial score (nSPS) is 17.1. The molecule has 0 aliphatic heterocycles. The highest BCUT2D eigenvalue weighted by Gasteiger charge is 2.37. The molecule has 0 heterocycles. The van der Waals surface area contributed by atoms with Gasteiger partial charge in [0, 0.05) is 12.2 Å². The average Bonchev–Trinajstić information content (AvgIpc) is 3.09. The van der Waals surface area contributed by atoms with Crippen LogP contribution in [-0.2, 0) is 4.74 Å². The van der Waals surface area contributed by atoms with Gasteiger partial charge in [-0.1, -0.05) is 23.8 Å². The summed E-state index contributed by atoms with van der Waals surface area (Å²) in [6.07, 6.45) is 2.04. The minimum atomic E-state index is -0.216. The van der Waals surface area contributed by atoms with Crippen LogP contribution >= 0.6 is 0 Å². The second-order valence-electron chi connectivity index (χ2n) is 4.45. The summed E-state index contributed by atoms with van der Waals surface area (Å²) in [5.74, 6) is 0.598. The zero-order valence-corrected chi connectivity index (χ0v) is 9.90. The van der Waals surface area contributed by atoms with Gasteiger partial charge in [0.05, 0.1) is 0 Å². The van der Waals surface area contributed by atoms with E-state index in [0.29, 0.717) is 12.5 Å². The number of benzene rings is 1. The summed E-state index contributed by atoms with van der Waals surface area (Å²) in [7, 11) is 0. The fourth-order valence-electron chi connectivity index (χ4n) is 1.97. The minimum absolute atomic E-state index is 0.146. The quantitative estimate of drug-likeness (QED) is 0.710. The molecular weight excluding hydrogens is 200 g/mol. The number of aryl methyl sites for hydroxylation is 1. The van der Waals surface area contributed by atoms with Crippen LogP contribution in [0.25, 0.3) is 0 Å².